The van der Waals surface area contributed by atoms with Crippen LogP contribution < -0.4 is 9.47 Å². The van der Waals surface area contributed by atoms with Gasteiger partial charge in [-0.1, -0.05) is 19.1 Å². The molecule has 19 heavy (non-hydrogen) atoms. The van der Waals surface area contributed by atoms with E-state index in [1.54, 1.807) is 14.2 Å². The molecule has 1 atom stereocenters. The molecule has 0 aliphatic heterocycles. The minimum Gasteiger partial charge on any atom is -0.496 e. The number of rotatable bonds is 2. The van der Waals surface area contributed by atoms with Gasteiger partial charge in [-0.25, -0.2) is 0 Å². The van der Waals surface area contributed by atoms with Crippen LogP contribution in [0.4, 0.5) is 0 Å². The highest BCUT2D eigenvalue weighted by Gasteiger charge is 2.30. The molecule has 2 aromatic carbocycles. The van der Waals surface area contributed by atoms with Crippen molar-refractivity contribution in [3.05, 3.63) is 35.4 Å². The van der Waals surface area contributed by atoms with Gasteiger partial charge in [0.25, 0.3) is 0 Å². The summed E-state index contributed by atoms with van der Waals surface area (Å²) in [7, 11) is 3.27. The molecular formula is C16H16O3. The molecule has 0 saturated carbocycles. The van der Waals surface area contributed by atoms with E-state index in [1.165, 1.54) is 0 Å². The van der Waals surface area contributed by atoms with E-state index in [9.17, 15) is 4.79 Å². The van der Waals surface area contributed by atoms with E-state index >= 15 is 0 Å². The molecule has 0 amide bonds. The van der Waals surface area contributed by atoms with E-state index in [0.29, 0.717) is 11.3 Å². The standard InChI is InChI=1S/C16H16O3/c1-9-8-11-12(18-2)6-4-10-5-7-13(19-3)15(14(10)11)16(9)17/h4-7,9H,8H2,1-3H3. The maximum Gasteiger partial charge on any atom is 0.170 e. The third-order valence-electron chi connectivity index (χ3n) is 3.86. The lowest BCUT2D eigenvalue weighted by molar-refractivity contribution is 0.0924. The molecule has 0 heterocycles. The zero-order chi connectivity index (χ0) is 13.6. The van der Waals surface area contributed by atoms with Crippen LogP contribution in [0.1, 0.15) is 22.8 Å². The molecule has 3 heteroatoms. The molecular weight excluding hydrogens is 240 g/mol. The predicted molar refractivity (Wildman–Crippen MR) is 74.3 cm³/mol. The van der Waals surface area contributed by atoms with Crippen molar-refractivity contribution in [1.29, 1.82) is 0 Å². The first-order chi connectivity index (χ1) is 9.17. The van der Waals surface area contributed by atoms with E-state index in [0.717, 1.165) is 28.5 Å². The predicted octanol–water partition coefficient (Wildman–Crippen LogP) is 3.23. The van der Waals surface area contributed by atoms with Crippen molar-refractivity contribution < 1.29 is 14.3 Å². The van der Waals surface area contributed by atoms with Gasteiger partial charge in [0.05, 0.1) is 19.8 Å². The van der Waals surface area contributed by atoms with E-state index in [4.69, 9.17) is 9.47 Å². The topological polar surface area (TPSA) is 35.5 Å². The van der Waals surface area contributed by atoms with Crippen molar-refractivity contribution in [1.82, 2.24) is 0 Å². The Hall–Kier alpha value is -2.03. The minimum atomic E-state index is -0.0386. The fraction of sp³-hybridized carbons (Fsp3) is 0.312. The molecule has 0 spiro atoms. The van der Waals surface area contributed by atoms with Gasteiger partial charge in [0.2, 0.25) is 0 Å². The molecule has 2 aromatic rings. The maximum atomic E-state index is 12.5. The van der Waals surface area contributed by atoms with E-state index in [2.05, 4.69) is 0 Å². The summed E-state index contributed by atoms with van der Waals surface area (Å²) in [6.45, 7) is 1.95. The maximum absolute atomic E-state index is 12.5. The molecule has 0 bridgehead atoms. The highest BCUT2D eigenvalue weighted by molar-refractivity contribution is 6.14. The Labute approximate surface area is 112 Å². The number of carbonyl (C=O) groups is 1. The van der Waals surface area contributed by atoms with Gasteiger partial charge in [-0.15, -0.1) is 0 Å². The molecule has 0 saturated heterocycles. The molecule has 0 fully saturated rings. The average Bonchev–Trinajstić information content (AvgIpc) is 2.44. The molecule has 0 radical (unpaired) electrons. The lowest BCUT2D eigenvalue weighted by Gasteiger charge is -2.24. The fourth-order valence-electron chi connectivity index (χ4n) is 2.91. The first-order valence-electron chi connectivity index (χ1n) is 6.38. The van der Waals surface area contributed by atoms with Crippen LogP contribution in [0.15, 0.2) is 24.3 Å². The summed E-state index contributed by atoms with van der Waals surface area (Å²) in [5.74, 6) is 1.62. The number of benzene rings is 2. The number of hydrogen-bond donors (Lipinski definition) is 0. The third-order valence-corrected chi connectivity index (χ3v) is 3.86. The number of methoxy groups -OCH3 is 2. The lowest BCUT2D eigenvalue weighted by Crippen LogP contribution is -2.21. The second kappa shape index (κ2) is 4.26. The minimum absolute atomic E-state index is 0.0386. The van der Waals surface area contributed by atoms with Gasteiger partial charge in [-0.3, -0.25) is 4.79 Å². The quantitative estimate of drug-likeness (QED) is 0.827. The first-order valence-corrected chi connectivity index (χ1v) is 6.38. The Balaban J connectivity index is 2.46. The molecule has 3 nitrogen and oxygen atoms in total. The fourth-order valence-corrected chi connectivity index (χ4v) is 2.91. The van der Waals surface area contributed by atoms with Crippen LogP contribution >= 0.6 is 0 Å². The van der Waals surface area contributed by atoms with Crippen LogP contribution in [0.5, 0.6) is 11.5 Å². The third kappa shape index (κ3) is 1.61. The van der Waals surface area contributed by atoms with Crippen molar-refractivity contribution >= 4 is 16.6 Å². The largest absolute Gasteiger partial charge is 0.496 e. The highest BCUT2D eigenvalue weighted by atomic mass is 16.5. The Morgan fingerprint density at radius 2 is 1.68 bits per heavy atom. The van der Waals surface area contributed by atoms with Gasteiger partial charge < -0.3 is 9.47 Å². The average molecular weight is 256 g/mol. The zero-order valence-corrected chi connectivity index (χ0v) is 11.3. The Morgan fingerprint density at radius 1 is 1.05 bits per heavy atom. The van der Waals surface area contributed by atoms with Gasteiger partial charge in [0, 0.05) is 16.9 Å². The second-order valence-corrected chi connectivity index (χ2v) is 4.96. The first kappa shape index (κ1) is 12.0. The summed E-state index contributed by atoms with van der Waals surface area (Å²) in [6.07, 6.45) is 0.722. The van der Waals surface area contributed by atoms with Crippen LogP contribution in [0.25, 0.3) is 10.8 Å². The molecule has 1 aliphatic carbocycles. The molecule has 3 rings (SSSR count). The lowest BCUT2D eigenvalue weighted by atomic mass is 9.81. The van der Waals surface area contributed by atoms with E-state index in [1.807, 2.05) is 31.2 Å². The molecule has 98 valence electrons. The normalized spacial score (nSPS) is 17.6. The number of carbonyl (C=O) groups excluding carboxylic acids is 1. The summed E-state index contributed by atoms with van der Waals surface area (Å²) in [5, 5.41) is 2.05. The summed E-state index contributed by atoms with van der Waals surface area (Å²) in [6, 6.07) is 7.81. The Morgan fingerprint density at radius 3 is 2.32 bits per heavy atom. The molecule has 0 N–H and O–H groups in total. The number of Topliss-reactive ketones (excluding diaryl/α,β-unsaturated/α-hetero) is 1. The van der Waals surface area contributed by atoms with Crippen LogP contribution in [0.2, 0.25) is 0 Å². The SMILES string of the molecule is COc1ccc2ccc(OC)c3c2c1CC(C)C3=O. The van der Waals surface area contributed by atoms with Crippen molar-refractivity contribution in [3.63, 3.8) is 0 Å². The van der Waals surface area contributed by atoms with Crippen molar-refractivity contribution in [2.75, 3.05) is 14.2 Å². The number of ether oxygens (including phenoxy) is 2. The molecule has 1 aliphatic rings. The smallest absolute Gasteiger partial charge is 0.170 e. The Kier molecular flexibility index (Phi) is 2.70. The highest BCUT2D eigenvalue weighted by Crippen LogP contribution is 2.41. The Bertz CT molecular complexity index is 668. The van der Waals surface area contributed by atoms with E-state index < -0.39 is 0 Å². The van der Waals surface area contributed by atoms with Gasteiger partial charge in [0.1, 0.15) is 11.5 Å². The van der Waals surface area contributed by atoms with Gasteiger partial charge in [-0.2, -0.15) is 0 Å². The van der Waals surface area contributed by atoms with Crippen LogP contribution in [0.3, 0.4) is 0 Å². The van der Waals surface area contributed by atoms with Crippen molar-refractivity contribution in [3.8, 4) is 11.5 Å². The second-order valence-electron chi connectivity index (χ2n) is 4.96. The van der Waals surface area contributed by atoms with Crippen LogP contribution in [-0.2, 0) is 6.42 Å². The molecule has 1 unspecified atom stereocenters. The van der Waals surface area contributed by atoms with Crippen LogP contribution in [0, 0.1) is 5.92 Å². The summed E-state index contributed by atoms with van der Waals surface area (Å²) >= 11 is 0. The van der Waals surface area contributed by atoms with Gasteiger partial charge >= 0.3 is 0 Å². The summed E-state index contributed by atoms with van der Waals surface area (Å²) < 4.78 is 10.8. The van der Waals surface area contributed by atoms with Crippen molar-refractivity contribution in [2.45, 2.75) is 13.3 Å². The van der Waals surface area contributed by atoms with E-state index in [-0.39, 0.29) is 11.7 Å². The van der Waals surface area contributed by atoms with Gasteiger partial charge in [-0.05, 0) is 23.9 Å². The number of hydrogen-bond acceptors (Lipinski definition) is 3. The summed E-state index contributed by atoms with van der Waals surface area (Å²) in [5.41, 5.74) is 1.81. The zero-order valence-electron chi connectivity index (χ0n) is 11.3. The summed E-state index contributed by atoms with van der Waals surface area (Å²) in [4.78, 5) is 12.5. The number of ketones is 1. The monoisotopic (exact) mass is 256 g/mol. The molecule has 0 aromatic heterocycles. The van der Waals surface area contributed by atoms with Crippen molar-refractivity contribution in [2.24, 2.45) is 5.92 Å². The van der Waals surface area contributed by atoms with Gasteiger partial charge in [0.15, 0.2) is 5.78 Å². The van der Waals surface area contributed by atoms with Crippen LogP contribution in [-0.4, -0.2) is 20.0 Å².